The average Bonchev–Trinajstić information content (AvgIpc) is 1.00. The van der Waals surface area contributed by atoms with Crippen molar-refractivity contribution in [3.8, 4) is 0 Å². The Balaban J connectivity index is -0.0000000000198. The largest absolute Gasteiger partial charge is 0 e. The summed E-state index contributed by atoms with van der Waals surface area (Å²) in [6.07, 6.45) is 0. The van der Waals surface area contributed by atoms with Gasteiger partial charge in [-0.3, -0.25) is 0 Å². The maximum atomic E-state index is 4.64. The van der Waals surface area contributed by atoms with Gasteiger partial charge in [0.15, 0.2) is 0 Å². The van der Waals surface area contributed by atoms with Gasteiger partial charge in [-0.25, -0.2) is 0 Å². The molecule has 0 aliphatic heterocycles. The van der Waals surface area contributed by atoms with Gasteiger partial charge in [-0.15, -0.1) is 0 Å². The summed E-state index contributed by atoms with van der Waals surface area (Å²) in [5.41, 5.74) is 0. The van der Waals surface area contributed by atoms with Crippen LogP contribution in [0.2, 0.25) is 0 Å². The zero-order valence-electron chi connectivity index (χ0n) is 12.4. The standard InChI is InChI=1S/ClGe.23Ge/c1-2;;;;;;;;;;;;;;;;;;;;;;;. The van der Waals surface area contributed by atoms with Crippen molar-refractivity contribution in [1.82, 2.24) is 0 Å². The monoisotopic (exact) mass is 1810 g/mol. The third-order valence-electron chi connectivity index (χ3n) is 0. The molecule has 0 atom stereocenters. The molecular weight excluding hydrogens is 1780 g/mol. The fourth-order valence-corrected chi connectivity index (χ4v) is 0. The summed E-state index contributed by atoms with van der Waals surface area (Å²) in [5.74, 6) is 0. The van der Waals surface area contributed by atoms with E-state index in [1.54, 1.807) is 0 Å². The zero-order valence-corrected chi connectivity index (χ0v) is 63.5. The molecule has 0 bridgehead atoms. The van der Waals surface area contributed by atoms with Crippen molar-refractivity contribution < 1.29 is 0 Å². The van der Waals surface area contributed by atoms with Crippen molar-refractivity contribution in [3.05, 3.63) is 0 Å². The summed E-state index contributed by atoms with van der Waals surface area (Å²) < 4.78 is 0. The fraction of sp³-hybridized carbons (Fsp3) is 0. The molecular formula is ClGe24. The van der Waals surface area contributed by atoms with Gasteiger partial charge < -0.3 is 0 Å². The van der Waals surface area contributed by atoms with Crippen LogP contribution in [-0.2, 0) is 0 Å². The maximum absolute atomic E-state index is 4.64. The van der Waals surface area contributed by atoms with Gasteiger partial charge in [-0.05, 0) is 0 Å². The van der Waals surface area contributed by atoms with Crippen molar-refractivity contribution in [1.29, 1.82) is 0 Å². The molecule has 103 valence electrons. The minimum atomic E-state index is 0. The van der Waals surface area contributed by atoms with Gasteiger partial charge in [0.1, 0.15) is 0 Å². The molecule has 95 radical (unpaired) electrons. The normalized spacial score (nSPS) is 0.240. The second kappa shape index (κ2) is 278. The number of rotatable bonds is 0. The molecule has 25 heteroatoms. The predicted octanol–water partition coefficient (Wildman–Crippen LogP) is -8.45. The molecule has 25 heavy (non-hydrogen) atoms. The first-order valence-corrected chi connectivity index (χ1v) is 2.95. The summed E-state index contributed by atoms with van der Waals surface area (Å²) in [4.78, 5) is 0. The van der Waals surface area contributed by atoms with Crippen LogP contribution in [0.25, 0.3) is 0 Å². The molecule has 0 aliphatic rings. The van der Waals surface area contributed by atoms with E-state index in [1.165, 1.54) is 15.6 Å². The fourth-order valence-electron chi connectivity index (χ4n) is 0. The summed E-state index contributed by atoms with van der Waals surface area (Å²) in [6, 6.07) is 0. The quantitative estimate of drug-likeness (QED) is 0.212. The predicted molar refractivity (Wildman–Crippen MR) is 144 cm³/mol. The Kier molecular flexibility index (Phi) is 2890. The first-order chi connectivity index (χ1) is 1.00. The Labute approximate surface area is 419 Å². The van der Waals surface area contributed by atoms with Gasteiger partial charge in [0.2, 0.25) is 0 Å². The minimum Gasteiger partial charge on any atom is 0 e. The molecule has 0 N–H and O–H groups in total. The Morgan fingerprint density at radius 3 is 0.160 bits per heavy atom. The van der Waals surface area contributed by atoms with E-state index in [2.05, 4.69) is 10.0 Å². The first kappa shape index (κ1) is 260. The van der Waals surface area contributed by atoms with Gasteiger partial charge in [-0.1, -0.05) is 0 Å². The average molecular weight is 1780 g/mol. The smallest absolute Gasteiger partial charge is 0 e. The third-order valence-corrected chi connectivity index (χ3v) is 0. The first-order valence-electron chi connectivity index (χ1n) is 0.189. The number of halogens is 1. The van der Waals surface area contributed by atoms with Crippen LogP contribution >= 0.6 is 10.0 Å². The van der Waals surface area contributed by atoms with Crippen molar-refractivity contribution >= 4 is 430 Å². The van der Waals surface area contributed by atoms with Gasteiger partial charge in [0.25, 0.3) is 0 Å². The van der Waals surface area contributed by atoms with Crippen molar-refractivity contribution in [2.45, 2.75) is 0 Å². The van der Waals surface area contributed by atoms with Gasteiger partial charge in [-0.2, -0.15) is 0 Å². The molecule has 0 aliphatic carbocycles. The SMILES string of the molecule is [Cl][Ge].[Ge].[Ge].[Ge].[Ge].[Ge].[Ge].[Ge].[Ge].[Ge].[Ge].[Ge].[Ge].[Ge].[Ge].[Ge].[Ge].[Ge].[Ge].[Ge].[Ge].[Ge].[Ge].[Ge]. The van der Waals surface area contributed by atoms with E-state index >= 15 is 0 Å². The van der Waals surface area contributed by atoms with Crippen LogP contribution in [0.3, 0.4) is 0 Å². The maximum Gasteiger partial charge on any atom is 0 e. The zero-order chi connectivity index (χ0) is 2.00. The van der Waals surface area contributed by atoms with Gasteiger partial charge in [0.05, 0.1) is 0 Å². The van der Waals surface area contributed by atoms with Crippen LogP contribution in [0.5, 0.6) is 0 Å². The van der Waals surface area contributed by atoms with Crippen molar-refractivity contribution in [2.75, 3.05) is 0 Å². The van der Waals surface area contributed by atoms with Crippen LogP contribution in [0.15, 0.2) is 0 Å². The molecule has 0 heterocycles. The summed E-state index contributed by atoms with van der Waals surface area (Å²) >= 11 is 1.47. The van der Waals surface area contributed by atoms with E-state index < -0.39 is 0 Å². The van der Waals surface area contributed by atoms with Crippen LogP contribution in [0.1, 0.15) is 0 Å². The van der Waals surface area contributed by atoms with Crippen LogP contribution in [0.4, 0.5) is 0 Å². The molecule has 0 amide bonds. The molecule has 0 spiro atoms. The Morgan fingerprint density at radius 1 is 0.160 bits per heavy atom. The molecule has 0 aromatic heterocycles. The number of hydrogen-bond acceptors (Lipinski definition) is 0. The van der Waals surface area contributed by atoms with E-state index in [1.807, 2.05) is 0 Å². The number of hydrogen-bond donors (Lipinski definition) is 0. The topological polar surface area (TPSA) is 0 Å². The van der Waals surface area contributed by atoms with Crippen LogP contribution in [-0.4, -0.2) is 420 Å². The summed E-state index contributed by atoms with van der Waals surface area (Å²) in [5, 5.41) is 0. The van der Waals surface area contributed by atoms with E-state index in [0.29, 0.717) is 0 Å². The molecule has 0 saturated heterocycles. The van der Waals surface area contributed by atoms with Gasteiger partial charge >= 0.3 is 25.6 Å². The summed E-state index contributed by atoms with van der Waals surface area (Å²) in [6.45, 7) is 0. The molecule has 0 rings (SSSR count). The Bertz CT molecular complexity index is 6.06. The molecule has 0 unspecified atom stereocenters. The Morgan fingerprint density at radius 2 is 0.160 bits per heavy atom. The second-order valence-electron chi connectivity index (χ2n) is 0. The minimum absolute atomic E-state index is 0. The molecule has 0 aromatic rings. The van der Waals surface area contributed by atoms with E-state index in [4.69, 9.17) is 0 Å². The van der Waals surface area contributed by atoms with Crippen molar-refractivity contribution in [3.63, 3.8) is 0 Å². The van der Waals surface area contributed by atoms with Crippen LogP contribution < -0.4 is 0 Å². The van der Waals surface area contributed by atoms with Crippen molar-refractivity contribution in [2.24, 2.45) is 0 Å². The summed E-state index contributed by atoms with van der Waals surface area (Å²) in [7, 11) is 4.64. The Hall–Kier alpha value is 13.3. The van der Waals surface area contributed by atoms with E-state index in [-0.39, 0.29) is 405 Å². The second-order valence-corrected chi connectivity index (χ2v) is 0. The molecule has 0 aromatic carbocycles. The molecule has 0 fully saturated rings. The van der Waals surface area contributed by atoms with Crippen LogP contribution in [0, 0.1) is 0 Å². The van der Waals surface area contributed by atoms with E-state index in [9.17, 15) is 0 Å². The molecule has 0 nitrogen and oxygen atoms in total. The van der Waals surface area contributed by atoms with Gasteiger partial charge in [0, 0.05) is 405 Å². The van der Waals surface area contributed by atoms with E-state index in [0.717, 1.165) is 0 Å². The molecule has 0 saturated carbocycles. The third kappa shape index (κ3) is 262.